The number of benzene rings is 1. The number of aryl methyl sites for hydroxylation is 3. The highest BCUT2D eigenvalue weighted by molar-refractivity contribution is 5.80. The van der Waals surface area contributed by atoms with Crippen molar-refractivity contribution in [3.63, 3.8) is 0 Å². The highest BCUT2D eigenvalue weighted by Gasteiger charge is 2.38. The Kier molecular flexibility index (Phi) is 3.79. The molecule has 2 unspecified atom stereocenters. The van der Waals surface area contributed by atoms with Crippen LogP contribution in [0.3, 0.4) is 0 Å². The zero-order valence-corrected chi connectivity index (χ0v) is 14.3. The molecule has 2 atom stereocenters. The first kappa shape index (κ1) is 15.8. The van der Waals surface area contributed by atoms with Gasteiger partial charge < -0.3 is 5.32 Å². The van der Waals surface area contributed by atoms with Crippen LogP contribution in [0.5, 0.6) is 0 Å². The summed E-state index contributed by atoms with van der Waals surface area (Å²) >= 11 is 0. The molecule has 0 saturated carbocycles. The molecule has 2 aromatic rings. The number of nitrogens with one attached hydrogen (secondary N) is 1. The number of aromatic nitrogens is 3. The minimum atomic E-state index is -0.795. The molecule has 2 aliphatic rings. The molecule has 1 aromatic carbocycles. The number of nitriles is 1. The van der Waals surface area contributed by atoms with Crippen molar-refractivity contribution >= 4 is 5.91 Å². The molecule has 0 fully saturated rings. The first-order valence-corrected chi connectivity index (χ1v) is 8.78. The van der Waals surface area contributed by atoms with Gasteiger partial charge >= 0.3 is 0 Å². The molecule has 4 rings (SSSR count). The third kappa shape index (κ3) is 2.80. The molecule has 1 N–H and O–H groups in total. The van der Waals surface area contributed by atoms with Crippen LogP contribution in [-0.4, -0.2) is 26.4 Å². The monoisotopic (exact) mass is 335 g/mol. The maximum absolute atomic E-state index is 12.9. The first-order chi connectivity index (χ1) is 12.1. The number of rotatable bonds is 2. The van der Waals surface area contributed by atoms with Crippen molar-refractivity contribution in [1.29, 1.82) is 5.26 Å². The molecule has 0 radical (unpaired) electrons. The zero-order valence-electron chi connectivity index (χ0n) is 14.3. The average Bonchev–Trinajstić information content (AvgIpc) is 3.02. The van der Waals surface area contributed by atoms with Crippen LogP contribution in [0.25, 0.3) is 0 Å². The molecule has 2 aliphatic carbocycles. The lowest BCUT2D eigenvalue weighted by Gasteiger charge is -2.34. The predicted octanol–water partition coefficient (Wildman–Crippen LogP) is 1.49. The predicted molar refractivity (Wildman–Crippen MR) is 91.5 cm³/mol. The smallest absolute Gasteiger partial charge is 0.224 e. The molecule has 0 bridgehead atoms. The third-order valence-corrected chi connectivity index (χ3v) is 5.57. The van der Waals surface area contributed by atoms with Gasteiger partial charge in [-0.3, -0.25) is 9.48 Å². The fraction of sp³-hybridized carbons (Fsp3) is 0.474. The van der Waals surface area contributed by atoms with E-state index in [4.69, 9.17) is 0 Å². The van der Waals surface area contributed by atoms with E-state index in [1.165, 1.54) is 5.56 Å². The average molecular weight is 335 g/mol. The van der Waals surface area contributed by atoms with Crippen LogP contribution in [0.2, 0.25) is 0 Å². The Morgan fingerprint density at radius 2 is 2.16 bits per heavy atom. The van der Waals surface area contributed by atoms with Crippen LogP contribution in [0.15, 0.2) is 24.3 Å². The van der Waals surface area contributed by atoms with Crippen molar-refractivity contribution in [1.82, 2.24) is 20.3 Å². The lowest BCUT2D eigenvalue weighted by Crippen LogP contribution is -2.53. The van der Waals surface area contributed by atoms with Crippen molar-refractivity contribution in [3.8, 4) is 6.07 Å². The fourth-order valence-electron chi connectivity index (χ4n) is 4.04. The van der Waals surface area contributed by atoms with Gasteiger partial charge in [0.2, 0.25) is 5.91 Å². The lowest BCUT2D eigenvalue weighted by molar-refractivity contribution is -0.126. The number of carbonyl (C=O) groups excluding carboxylic acids is 1. The van der Waals surface area contributed by atoms with E-state index >= 15 is 0 Å². The van der Waals surface area contributed by atoms with Gasteiger partial charge in [-0.1, -0.05) is 29.5 Å². The molecule has 128 valence electrons. The summed E-state index contributed by atoms with van der Waals surface area (Å²) in [4.78, 5) is 12.9. The Labute approximate surface area is 146 Å². The lowest BCUT2D eigenvalue weighted by atomic mass is 9.78. The number of amides is 1. The molecular weight excluding hydrogens is 314 g/mol. The Morgan fingerprint density at radius 3 is 2.96 bits per heavy atom. The standard InChI is InChI=1S/C19H21N5O/c1-24-17-10-14(6-7-16(17)22-23-24)18(25)21-19(12-20)9-8-13-4-2-3-5-15(13)11-19/h2-5,14H,6-11H2,1H3,(H,21,25). The van der Waals surface area contributed by atoms with Crippen LogP contribution in [0.1, 0.15) is 35.4 Å². The summed E-state index contributed by atoms with van der Waals surface area (Å²) in [5.41, 5.74) is 3.68. The van der Waals surface area contributed by atoms with Gasteiger partial charge in [0.1, 0.15) is 5.54 Å². The van der Waals surface area contributed by atoms with Crippen molar-refractivity contribution < 1.29 is 4.79 Å². The Bertz CT molecular complexity index is 865. The van der Waals surface area contributed by atoms with Gasteiger partial charge in [-0.25, -0.2) is 0 Å². The zero-order chi connectivity index (χ0) is 17.4. The van der Waals surface area contributed by atoms with Gasteiger partial charge in [0.25, 0.3) is 0 Å². The first-order valence-electron chi connectivity index (χ1n) is 8.78. The van der Waals surface area contributed by atoms with E-state index in [0.29, 0.717) is 19.3 Å². The van der Waals surface area contributed by atoms with Gasteiger partial charge in [-0.2, -0.15) is 5.26 Å². The number of nitrogens with zero attached hydrogens (tertiary/aromatic N) is 4. The van der Waals surface area contributed by atoms with Crippen molar-refractivity contribution in [2.24, 2.45) is 13.0 Å². The summed E-state index contributed by atoms with van der Waals surface area (Å²) in [5, 5.41) is 21.1. The molecule has 1 amide bonds. The number of fused-ring (bicyclic) bond motifs is 2. The maximum atomic E-state index is 12.9. The number of carbonyl (C=O) groups is 1. The highest BCUT2D eigenvalue weighted by atomic mass is 16.2. The highest BCUT2D eigenvalue weighted by Crippen LogP contribution is 2.30. The second-order valence-corrected chi connectivity index (χ2v) is 7.17. The Balaban J connectivity index is 1.51. The quantitative estimate of drug-likeness (QED) is 0.901. The van der Waals surface area contributed by atoms with Gasteiger partial charge in [-0.15, -0.1) is 5.10 Å². The van der Waals surface area contributed by atoms with E-state index < -0.39 is 5.54 Å². The fourth-order valence-corrected chi connectivity index (χ4v) is 4.04. The van der Waals surface area contributed by atoms with Crippen LogP contribution in [-0.2, 0) is 37.5 Å². The SMILES string of the molecule is Cn1nnc2c1CC(C(=O)NC1(C#N)CCc3ccccc3C1)CC2. The third-order valence-electron chi connectivity index (χ3n) is 5.57. The van der Waals surface area contributed by atoms with E-state index in [9.17, 15) is 10.1 Å². The maximum Gasteiger partial charge on any atom is 0.224 e. The Morgan fingerprint density at radius 1 is 1.36 bits per heavy atom. The molecule has 1 aromatic heterocycles. The van der Waals surface area contributed by atoms with Crippen molar-refractivity contribution in [2.45, 2.75) is 44.1 Å². The molecular formula is C19H21N5O. The van der Waals surface area contributed by atoms with E-state index in [1.54, 1.807) is 4.68 Å². The second-order valence-electron chi connectivity index (χ2n) is 7.17. The van der Waals surface area contributed by atoms with Gasteiger partial charge in [0.15, 0.2) is 0 Å². The summed E-state index contributed by atoms with van der Waals surface area (Å²) in [7, 11) is 1.86. The summed E-state index contributed by atoms with van der Waals surface area (Å²) < 4.78 is 1.76. The second kappa shape index (κ2) is 5.99. The Hall–Kier alpha value is -2.68. The topological polar surface area (TPSA) is 83.6 Å². The molecule has 0 spiro atoms. The van der Waals surface area contributed by atoms with Crippen LogP contribution in [0.4, 0.5) is 0 Å². The van der Waals surface area contributed by atoms with E-state index in [1.807, 2.05) is 19.2 Å². The van der Waals surface area contributed by atoms with E-state index in [-0.39, 0.29) is 11.8 Å². The summed E-state index contributed by atoms with van der Waals surface area (Å²) in [6.07, 6.45) is 4.24. The molecule has 0 saturated heterocycles. The summed E-state index contributed by atoms with van der Waals surface area (Å²) in [6.45, 7) is 0. The molecule has 1 heterocycles. The number of hydrogen-bond acceptors (Lipinski definition) is 4. The normalized spacial score (nSPS) is 24.7. The number of hydrogen-bond donors (Lipinski definition) is 1. The molecule has 6 heteroatoms. The van der Waals surface area contributed by atoms with Crippen LogP contribution in [0, 0.1) is 17.2 Å². The molecule has 25 heavy (non-hydrogen) atoms. The molecule has 6 nitrogen and oxygen atoms in total. The van der Waals surface area contributed by atoms with Crippen molar-refractivity contribution in [2.75, 3.05) is 0 Å². The molecule has 0 aliphatic heterocycles. The minimum Gasteiger partial charge on any atom is -0.337 e. The minimum absolute atomic E-state index is 0.0206. The van der Waals surface area contributed by atoms with Crippen LogP contribution < -0.4 is 5.32 Å². The van der Waals surface area contributed by atoms with Gasteiger partial charge in [0.05, 0.1) is 17.5 Å². The summed E-state index contributed by atoms with van der Waals surface area (Å²) in [6, 6.07) is 10.6. The van der Waals surface area contributed by atoms with E-state index in [2.05, 4.69) is 33.8 Å². The summed E-state index contributed by atoms with van der Waals surface area (Å²) in [5.74, 6) is -0.139. The van der Waals surface area contributed by atoms with E-state index in [0.717, 1.165) is 36.2 Å². The van der Waals surface area contributed by atoms with Crippen molar-refractivity contribution in [3.05, 3.63) is 46.8 Å². The van der Waals surface area contributed by atoms with Crippen LogP contribution >= 0.6 is 0 Å². The largest absolute Gasteiger partial charge is 0.337 e. The van der Waals surface area contributed by atoms with Gasteiger partial charge in [0, 0.05) is 25.8 Å². The van der Waals surface area contributed by atoms with Gasteiger partial charge in [-0.05, 0) is 36.8 Å².